The fourth-order valence-corrected chi connectivity index (χ4v) is 1.91. The van der Waals surface area contributed by atoms with Crippen LogP contribution < -0.4 is 11.2 Å². The fraction of sp³-hybridized carbons (Fsp3) is 0.600. The minimum Gasteiger partial charge on any atom is -0.314 e. The van der Waals surface area contributed by atoms with Crippen LogP contribution in [0.15, 0.2) is 15.8 Å². The summed E-state index contributed by atoms with van der Waals surface area (Å²) in [4.78, 5) is 29.2. The van der Waals surface area contributed by atoms with E-state index in [9.17, 15) is 9.59 Å². The highest BCUT2D eigenvalue weighted by Gasteiger charge is 2.11. The van der Waals surface area contributed by atoms with Gasteiger partial charge < -0.3 is 4.98 Å². The first-order valence-corrected chi connectivity index (χ1v) is 5.29. The summed E-state index contributed by atoms with van der Waals surface area (Å²) in [5.74, 6) is 0. The molecule has 0 saturated carbocycles. The minimum atomic E-state index is -0.442. The van der Waals surface area contributed by atoms with Crippen molar-refractivity contribution >= 4 is 0 Å². The van der Waals surface area contributed by atoms with E-state index in [0.717, 1.165) is 13.1 Å². The molecule has 0 aliphatic carbocycles. The first-order chi connectivity index (χ1) is 7.25. The molecule has 1 fully saturated rings. The number of likely N-dealkylation sites (tertiary alicyclic amines) is 1. The van der Waals surface area contributed by atoms with Gasteiger partial charge in [-0.2, -0.15) is 0 Å². The van der Waals surface area contributed by atoms with E-state index < -0.39 is 5.69 Å². The Morgan fingerprint density at radius 3 is 2.60 bits per heavy atom. The first kappa shape index (κ1) is 10.2. The Morgan fingerprint density at radius 1 is 1.20 bits per heavy atom. The molecule has 2 N–H and O–H groups in total. The Morgan fingerprint density at radius 2 is 1.93 bits per heavy atom. The maximum atomic E-state index is 11.4. The molecule has 5 heteroatoms. The highest BCUT2D eigenvalue weighted by molar-refractivity contribution is 5.03. The average Bonchev–Trinajstić information content (AvgIpc) is 2.24. The number of nitrogens with zero attached hydrogens (tertiary/aromatic N) is 1. The summed E-state index contributed by atoms with van der Waals surface area (Å²) < 4.78 is 0. The van der Waals surface area contributed by atoms with Gasteiger partial charge in [0.2, 0.25) is 0 Å². The van der Waals surface area contributed by atoms with Crippen molar-refractivity contribution in [3.05, 3.63) is 32.6 Å². The molecule has 0 unspecified atom stereocenters. The Kier molecular flexibility index (Phi) is 3.01. The van der Waals surface area contributed by atoms with E-state index in [1.807, 2.05) is 0 Å². The summed E-state index contributed by atoms with van der Waals surface area (Å²) in [5.41, 5.74) is -0.0804. The van der Waals surface area contributed by atoms with Crippen LogP contribution >= 0.6 is 0 Å². The molecule has 2 heterocycles. The Balaban J connectivity index is 2.09. The molecular weight excluding hydrogens is 194 g/mol. The standard InChI is InChI=1S/C10H15N3O2/c14-9-8(6-11-10(15)12-9)7-13-4-2-1-3-5-13/h6H,1-5,7H2,(H2,11,12,14,15). The van der Waals surface area contributed by atoms with Crippen LogP contribution in [0.1, 0.15) is 24.8 Å². The zero-order valence-corrected chi connectivity index (χ0v) is 8.58. The van der Waals surface area contributed by atoms with Crippen LogP contribution in [0.2, 0.25) is 0 Å². The van der Waals surface area contributed by atoms with Crippen molar-refractivity contribution in [1.82, 2.24) is 14.9 Å². The first-order valence-electron chi connectivity index (χ1n) is 5.29. The zero-order chi connectivity index (χ0) is 10.7. The molecule has 0 radical (unpaired) electrons. The van der Waals surface area contributed by atoms with Gasteiger partial charge >= 0.3 is 5.69 Å². The quantitative estimate of drug-likeness (QED) is 0.723. The zero-order valence-electron chi connectivity index (χ0n) is 8.58. The molecule has 5 nitrogen and oxygen atoms in total. The minimum absolute atomic E-state index is 0.274. The van der Waals surface area contributed by atoms with Gasteiger partial charge in [0.25, 0.3) is 5.56 Å². The van der Waals surface area contributed by atoms with Gasteiger partial charge in [-0.05, 0) is 25.9 Å². The third kappa shape index (κ3) is 2.56. The summed E-state index contributed by atoms with van der Waals surface area (Å²) in [6.45, 7) is 2.71. The Labute approximate surface area is 87.1 Å². The molecule has 0 spiro atoms. The number of hydrogen-bond donors (Lipinski definition) is 2. The molecule has 1 aromatic rings. The number of hydrogen-bond acceptors (Lipinski definition) is 3. The molecule has 0 bridgehead atoms. The largest absolute Gasteiger partial charge is 0.325 e. The van der Waals surface area contributed by atoms with Crippen LogP contribution in [-0.2, 0) is 6.54 Å². The summed E-state index contributed by atoms with van der Waals surface area (Å²) in [6.07, 6.45) is 5.18. The SMILES string of the molecule is O=c1[nH]cc(CN2CCCCC2)c(=O)[nH]1. The number of piperidine rings is 1. The monoisotopic (exact) mass is 209 g/mol. The summed E-state index contributed by atoms with van der Waals surface area (Å²) >= 11 is 0. The second kappa shape index (κ2) is 4.44. The highest BCUT2D eigenvalue weighted by Crippen LogP contribution is 2.10. The topological polar surface area (TPSA) is 69.0 Å². The van der Waals surface area contributed by atoms with Gasteiger partial charge in [-0.3, -0.25) is 14.7 Å². The lowest BCUT2D eigenvalue weighted by Gasteiger charge is -2.25. The smallest absolute Gasteiger partial charge is 0.314 e. The average molecular weight is 209 g/mol. The number of aromatic nitrogens is 2. The third-order valence-corrected chi connectivity index (χ3v) is 2.74. The van der Waals surface area contributed by atoms with Crippen LogP contribution in [-0.4, -0.2) is 28.0 Å². The summed E-state index contributed by atoms with van der Waals surface area (Å²) in [7, 11) is 0. The molecule has 1 aliphatic heterocycles. The van der Waals surface area contributed by atoms with Crippen LogP contribution in [0.3, 0.4) is 0 Å². The molecule has 0 aromatic carbocycles. The summed E-state index contributed by atoms with van der Waals surface area (Å²) in [5, 5.41) is 0. The lowest BCUT2D eigenvalue weighted by Crippen LogP contribution is -2.33. The summed E-state index contributed by atoms with van der Waals surface area (Å²) in [6, 6.07) is 0. The Bertz CT molecular complexity index is 429. The molecule has 0 atom stereocenters. The predicted octanol–water partition coefficient (Wildman–Crippen LogP) is 0.0491. The van der Waals surface area contributed by atoms with Gasteiger partial charge in [0.15, 0.2) is 0 Å². The molecule has 1 saturated heterocycles. The van der Waals surface area contributed by atoms with Crippen molar-refractivity contribution in [2.75, 3.05) is 13.1 Å². The third-order valence-electron chi connectivity index (χ3n) is 2.74. The van der Waals surface area contributed by atoms with Gasteiger partial charge in [0, 0.05) is 18.3 Å². The molecule has 1 aromatic heterocycles. The maximum Gasteiger partial charge on any atom is 0.325 e. The van der Waals surface area contributed by atoms with Crippen molar-refractivity contribution in [3.8, 4) is 0 Å². The molecule has 0 amide bonds. The second-order valence-electron chi connectivity index (χ2n) is 3.93. The van der Waals surface area contributed by atoms with Gasteiger partial charge in [-0.15, -0.1) is 0 Å². The molecule has 15 heavy (non-hydrogen) atoms. The van der Waals surface area contributed by atoms with Gasteiger partial charge in [0.1, 0.15) is 0 Å². The van der Waals surface area contributed by atoms with Gasteiger partial charge in [-0.1, -0.05) is 6.42 Å². The predicted molar refractivity (Wildman–Crippen MR) is 56.8 cm³/mol. The number of H-pyrrole nitrogens is 2. The normalized spacial score (nSPS) is 17.9. The molecular formula is C10H15N3O2. The van der Waals surface area contributed by atoms with Crippen molar-refractivity contribution < 1.29 is 0 Å². The van der Waals surface area contributed by atoms with Gasteiger partial charge in [0.05, 0.1) is 0 Å². The number of aromatic amines is 2. The lowest BCUT2D eigenvalue weighted by molar-refractivity contribution is 0.220. The van der Waals surface area contributed by atoms with Crippen LogP contribution in [0.25, 0.3) is 0 Å². The van der Waals surface area contributed by atoms with E-state index >= 15 is 0 Å². The van der Waals surface area contributed by atoms with Gasteiger partial charge in [-0.25, -0.2) is 4.79 Å². The molecule has 2 rings (SSSR count). The van der Waals surface area contributed by atoms with E-state index in [1.165, 1.54) is 25.5 Å². The fourth-order valence-electron chi connectivity index (χ4n) is 1.91. The van der Waals surface area contributed by atoms with E-state index in [0.29, 0.717) is 12.1 Å². The molecule has 1 aliphatic rings. The molecule has 82 valence electrons. The van der Waals surface area contributed by atoms with E-state index in [-0.39, 0.29) is 5.56 Å². The van der Waals surface area contributed by atoms with Crippen molar-refractivity contribution in [1.29, 1.82) is 0 Å². The highest BCUT2D eigenvalue weighted by atomic mass is 16.2. The lowest BCUT2D eigenvalue weighted by atomic mass is 10.1. The van der Waals surface area contributed by atoms with E-state index in [1.54, 1.807) is 0 Å². The van der Waals surface area contributed by atoms with Crippen LogP contribution in [0.5, 0.6) is 0 Å². The maximum absolute atomic E-state index is 11.4. The number of rotatable bonds is 2. The number of nitrogens with one attached hydrogen (secondary N) is 2. The van der Waals surface area contributed by atoms with Crippen molar-refractivity contribution in [2.45, 2.75) is 25.8 Å². The Hall–Kier alpha value is -1.36. The van der Waals surface area contributed by atoms with E-state index in [4.69, 9.17) is 0 Å². The van der Waals surface area contributed by atoms with Crippen LogP contribution in [0, 0.1) is 0 Å². The van der Waals surface area contributed by atoms with Crippen LogP contribution in [0.4, 0.5) is 0 Å². The van der Waals surface area contributed by atoms with Crippen molar-refractivity contribution in [3.63, 3.8) is 0 Å². The second-order valence-corrected chi connectivity index (χ2v) is 3.93. The van der Waals surface area contributed by atoms with E-state index in [2.05, 4.69) is 14.9 Å². The van der Waals surface area contributed by atoms with Crippen molar-refractivity contribution in [2.24, 2.45) is 0 Å².